The lowest BCUT2D eigenvalue weighted by atomic mass is 10.1. The Kier molecular flexibility index (Phi) is 3.65. The smallest absolute Gasteiger partial charge is 0.356 e. The molecule has 0 saturated heterocycles. The van der Waals surface area contributed by atoms with Crippen LogP contribution in [-0.2, 0) is 4.74 Å². The van der Waals surface area contributed by atoms with Gasteiger partial charge in [-0.05, 0) is 30.3 Å². The number of hydrogen-bond donors (Lipinski definition) is 1. The summed E-state index contributed by atoms with van der Waals surface area (Å²) in [6.45, 7) is 0. The van der Waals surface area contributed by atoms with Crippen LogP contribution in [0.1, 0.15) is 26.5 Å². The van der Waals surface area contributed by atoms with Crippen LogP contribution < -0.4 is 0 Å². The first-order valence-electron chi connectivity index (χ1n) is 6.47. The summed E-state index contributed by atoms with van der Waals surface area (Å²) in [5, 5.41) is 1.25. The van der Waals surface area contributed by atoms with Gasteiger partial charge in [-0.15, -0.1) is 0 Å². The summed E-state index contributed by atoms with van der Waals surface area (Å²) in [6, 6.07) is 9.89. The van der Waals surface area contributed by atoms with Crippen molar-refractivity contribution in [3.05, 3.63) is 64.6 Å². The first-order valence-corrected chi connectivity index (χ1v) is 6.84. The van der Waals surface area contributed by atoms with Gasteiger partial charge in [0.05, 0.1) is 7.11 Å². The molecule has 0 aliphatic heterocycles. The molecule has 0 fully saturated rings. The van der Waals surface area contributed by atoms with E-state index in [0.717, 1.165) is 5.52 Å². The van der Waals surface area contributed by atoms with Crippen LogP contribution in [0.3, 0.4) is 0 Å². The van der Waals surface area contributed by atoms with E-state index in [1.54, 1.807) is 36.5 Å². The number of pyridine rings is 1. The summed E-state index contributed by atoms with van der Waals surface area (Å²) in [6.07, 6.45) is 1.61. The summed E-state index contributed by atoms with van der Waals surface area (Å²) in [5.74, 6) is -0.879. The number of esters is 1. The molecule has 2 heterocycles. The molecule has 0 spiro atoms. The highest BCUT2D eigenvalue weighted by molar-refractivity contribution is 6.31. The molecule has 0 aliphatic rings. The Labute approximate surface area is 130 Å². The second kappa shape index (κ2) is 5.61. The number of fused-ring (bicyclic) bond motifs is 1. The summed E-state index contributed by atoms with van der Waals surface area (Å²) in [7, 11) is 1.26. The summed E-state index contributed by atoms with van der Waals surface area (Å²) in [4.78, 5) is 31.2. The van der Waals surface area contributed by atoms with Crippen molar-refractivity contribution in [1.82, 2.24) is 9.97 Å². The molecule has 0 amide bonds. The predicted octanol–water partition coefficient (Wildman–Crippen LogP) is 3.23. The number of benzene rings is 1. The van der Waals surface area contributed by atoms with Crippen molar-refractivity contribution in [2.75, 3.05) is 7.11 Å². The van der Waals surface area contributed by atoms with Gasteiger partial charge in [0.1, 0.15) is 11.4 Å². The molecule has 1 aromatic carbocycles. The highest BCUT2D eigenvalue weighted by Crippen LogP contribution is 2.24. The maximum Gasteiger partial charge on any atom is 0.356 e. The second-order valence-electron chi connectivity index (χ2n) is 4.62. The average Bonchev–Trinajstić information content (AvgIpc) is 2.96. The molecule has 3 aromatic rings. The van der Waals surface area contributed by atoms with Gasteiger partial charge in [-0.1, -0.05) is 17.7 Å². The summed E-state index contributed by atoms with van der Waals surface area (Å²) >= 11 is 5.98. The molecule has 0 aliphatic carbocycles. The van der Waals surface area contributed by atoms with Gasteiger partial charge in [0, 0.05) is 27.7 Å². The molecular weight excluding hydrogens is 304 g/mol. The quantitative estimate of drug-likeness (QED) is 0.595. The average molecular weight is 315 g/mol. The SMILES string of the molecule is COC(=O)c1cccc(C(=O)c2c[nH]c3ccc(Cl)cc23)n1. The molecule has 3 rings (SSSR count). The van der Waals surface area contributed by atoms with Crippen molar-refractivity contribution in [2.24, 2.45) is 0 Å². The van der Waals surface area contributed by atoms with Gasteiger partial charge >= 0.3 is 5.97 Å². The molecule has 5 nitrogen and oxygen atoms in total. The number of halogens is 1. The maximum absolute atomic E-state index is 12.6. The molecule has 0 saturated carbocycles. The number of aromatic amines is 1. The maximum atomic E-state index is 12.6. The Morgan fingerprint density at radius 3 is 2.73 bits per heavy atom. The molecule has 0 unspecified atom stereocenters. The van der Waals surface area contributed by atoms with Crippen molar-refractivity contribution in [3.63, 3.8) is 0 Å². The fraction of sp³-hybridized carbons (Fsp3) is 0.0625. The van der Waals surface area contributed by atoms with E-state index in [9.17, 15) is 9.59 Å². The number of hydrogen-bond acceptors (Lipinski definition) is 4. The van der Waals surface area contributed by atoms with Crippen LogP contribution >= 0.6 is 11.6 Å². The van der Waals surface area contributed by atoms with Crippen molar-refractivity contribution < 1.29 is 14.3 Å². The van der Waals surface area contributed by atoms with Crippen LogP contribution in [0.2, 0.25) is 5.02 Å². The molecular formula is C16H11ClN2O3. The molecule has 110 valence electrons. The fourth-order valence-corrected chi connectivity index (χ4v) is 2.37. The van der Waals surface area contributed by atoms with Gasteiger partial charge in [0.2, 0.25) is 5.78 Å². The van der Waals surface area contributed by atoms with Gasteiger partial charge in [0.15, 0.2) is 0 Å². The van der Waals surface area contributed by atoms with Crippen LogP contribution in [0.5, 0.6) is 0 Å². The third kappa shape index (κ3) is 2.46. The Balaban J connectivity index is 2.06. The zero-order chi connectivity index (χ0) is 15.7. The Bertz CT molecular complexity index is 886. The van der Waals surface area contributed by atoms with Gasteiger partial charge in [-0.2, -0.15) is 0 Å². The van der Waals surface area contributed by atoms with Crippen molar-refractivity contribution in [3.8, 4) is 0 Å². The van der Waals surface area contributed by atoms with Crippen LogP contribution in [0, 0.1) is 0 Å². The number of nitrogens with zero attached hydrogens (tertiary/aromatic N) is 1. The van der Waals surface area contributed by atoms with Gasteiger partial charge < -0.3 is 9.72 Å². The zero-order valence-corrected chi connectivity index (χ0v) is 12.3. The Morgan fingerprint density at radius 2 is 1.95 bits per heavy atom. The molecule has 6 heteroatoms. The molecule has 0 atom stereocenters. The zero-order valence-electron chi connectivity index (χ0n) is 11.6. The van der Waals surface area contributed by atoms with E-state index in [-0.39, 0.29) is 17.2 Å². The van der Waals surface area contributed by atoms with Crippen molar-refractivity contribution >= 4 is 34.3 Å². The monoisotopic (exact) mass is 314 g/mol. The second-order valence-corrected chi connectivity index (χ2v) is 5.06. The predicted molar refractivity (Wildman–Crippen MR) is 82.3 cm³/mol. The lowest BCUT2D eigenvalue weighted by Crippen LogP contribution is -2.09. The topological polar surface area (TPSA) is 72.1 Å². The largest absolute Gasteiger partial charge is 0.464 e. The van der Waals surface area contributed by atoms with Crippen LogP contribution in [-0.4, -0.2) is 28.8 Å². The number of carbonyl (C=O) groups is 2. The molecule has 2 aromatic heterocycles. The minimum atomic E-state index is -0.586. The first-order chi connectivity index (χ1) is 10.6. The molecule has 1 N–H and O–H groups in total. The molecule has 22 heavy (non-hydrogen) atoms. The van der Waals surface area contributed by atoms with Gasteiger partial charge in [0.25, 0.3) is 0 Å². The number of ether oxygens (including phenoxy) is 1. The van der Waals surface area contributed by atoms with Crippen LogP contribution in [0.25, 0.3) is 10.9 Å². The standard InChI is InChI=1S/C16H11ClN2O3/c1-22-16(21)14-4-2-3-13(19-14)15(20)11-8-18-12-6-5-9(17)7-10(11)12/h2-8,18H,1H3. The number of H-pyrrole nitrogens is 1. The minimum Gasteiger partial charge on any atom is -0.464 e. The normalized spacial score (nSPS) is 10.6. The van der Waals surface area contributed by atoms with E-state index in [0.29, 0.717) is 16.0 Å². The number of aromatic nitrogens is 2. The lowest BCUT2D eigenvalue weighted by Gasteiger charge is -2.02. The highest BCUT2D eigenvalue weighted by atomic mass is 35.5. The Morgan fingerprint density at radius 1 is 1.18 bits per heavy atom. The lowest BCUT2D eigenvalue weighted by molar-refractivity contribution is 0.0594. The summed E-state index contributed by atoms with van der Waals surface area (Å²) in [5.41, 5.74) is 1.51. The van der Waals surface area contributed by atoms with E-state index in [2.05, 4.69) is 14.7 Å². The number of carbonyl (C=O) groups excluding carboxylic acids is 2. The van der Waals surface area contributed by atoms with E-state index < -0.39 is 5.97 Å². The number of nitrogens with one attached hydrogen (secondary N) is 1. The minimum absolute atomic E-state index is 0.0891. The fourth-order valence-electron chi connectivity index (χ4n) is 2.20. The first kappa shape index (κ1) is 14.3. The van der Waals surface area contributed by atoms with Crippen LogP contribution in [0.15, 0.2) is 42.6 Å². The van der Waals surface area contributed by atoms with Gasteiger partial charge in [-0.25, -0.2) is 9.78 Å². The van der Waals surface area contributed by atoms with Crippen molar-refractivity contribution in [2.45, 2.75) is 0 Å². The number of methoxy groups -OCH3 is 1. The third-order valence-corrected chi connectivity index (χ3v) is 3.50. The van der Waals surface area contributed by atoms with Crippen LogP contribution in [0.4, 0.5) is 0 Å². The van der Waals surface area contributed by atoms with E-state index in [1.807, 2.05) is 0 Å². The Hall–Kier alpha value is -2.66. The highest BCUT2D eigenvalue weighted by Gasteiger charge is 2.17. The van der Waals surface area contributed by atoms with E-state index in [1.165, 1.54) is 13.2 Å². The number of rotatable bonds is 3. The van der Waals surface area contributed by atoms with Crippen molar-refractivity contribution in [1.29, 1.82) is 0 Å². The third-order valence-electron chi connectivity index (χ3n) is 3.26. The van der Waals surface area contributed by atoms with E-state index >= 15 is 0 Å². The van der Waals surface area contributed by atoms with Gasteiger partial charge in [-0.3, -0.25) is 4.79 Å². The van der Waals surface area contributed by atoms with E-state index in [4.69, 9.17) is 11.6 Å². The summed E-state index contributed by atoms with van der Waals surface area (Å²) < 4.78 is 4.61. The number of ketones is 1. The molecule has 0 bridgehead atoms. The molecule has 0 radical (unpaired) electrons.